The molecule has 0 aliphatic rings. The van der Waals surface area contributed by atoms with Crippen molar-refractivity contribution in [1.29, 1.82) is 0 Å². The number of phosphoric ester groups is 1. The first-order chi connectivity index (χ1) is 12.9. The van der Waals surface area contributed by atoms with Gasteiger partial charge in [-0.3, -0.25) is 4.52 Å². The van der Waals surface area contributed by atoms with E-state index in [1.54, 1.807) is 6.08 Å². The summed E-state index contributed by atoms with van der Waals surface area (Å²) < 4.78 is 15.0. The Morgan fingerprint density at radius 1 is 1.04 bits per heavy atom. The molecule has 0 unspecified atom stereocenters. The summed E-state index contributed by atoms with van der Waals surface area (Å²) in [6.07, 6.45) is 16.9. The molecule has 0 radical (unpaired) electrons. The van der Waals surface area contributed by atoms with Gasteiger partial charge in [0.2, 0.25) is 0 Å². The lowest BCUT2D eigenvalue weighted by Crippen LogP contribution is -2.26. The van der Waals surface area contributed by atoms with Crippen LogP contribution in [0.3, 0.4) is 0 Å². The van der Waals surface area contributed by atoms with Crippen molar-refractivity contribution >= 4 is 7.82 Å². The Hall–Kier alpha value is -0.880. The maximum Gasteiger partial charge on any atom is 0.469 e. The van der Waals surface area contributed by atoms with E-state index < -0.39 is 26.6 Å². The lowest BCUT2D eigenvalue weighted by Gasteiger charge is -2.15. The fraction of sp³-hybridized carbons (Fsp3) is 0.889. The first kappa shape index (κ1) is 26.1. The highest BCUT2D eigenvalue weighted by Crippen LogP contribution is 2.36. The standard InChI is InChI=1S/C18H36N3O5P/c1-2-3-4-5-6-7-8-9-10-11-12-13-14-15-18(22)17(20-21-19)16-26-27(23,24)25/h14-15,17-18,22H,2-13,16H2,1H3,(H2,23,24,25)/b15-14+/t17-,18-/m0/s1. The Morgan fingerprint density at radius 3 is 2.04 bits per heavy atom. The van der Waals surface area contributed by atoms with Crippen molar-refractivity contribution in [3.8, 4) is 0 Å². The SMILES string of the molecule is CCCCCCCCCCCCC/C=C/[C@H](O)[C@H](COP(=O)(O)O)N=[N+]=[N-]. The predicted octanol–water partition coefficient (Wildman–Crippen LogP) is 5.39. The van der Waals surface area contributed by atoms with E-state index in [0.29, 0.717) is 0 Å². The summed E-state index contributed by atoms with van der Waals surface area (Å²) >= 11 is 0. The molecule has 0 saturated carbocycles. The van der Waals surface area contributed by atoms with Gasteiger partial charge in [0.05, 0.1) is 18.8 Å². The van der Waals surface area contributed by atoms with E-state index in [-0.39, 0.29) is 0 Å². The molecule has 0 saturated heterocycles. The van der Waals surface area contributed by atoms with Gasteiger partial charge >= 0.3 is 7.82 Å². The van der Waals surface area contributed by atoms with E-state index >= 15 is 0 Å². The summed E-state index contributed by atoms with van der Waals surface area (Å²) in [4.78, 5) is 19.9. The summed E-state index contributed by atoms with van der Waals surface area (Å²) in [7, 11) is -4.66. The van der Waals surface area contributed by atoms with Gasteiger partial charge in [0.25, 0.3) is 0 Å². The van der Waals surface area contributed by atoms with Crippen LogP contribution in [0.5, 0.6) is 0 Å². The largest absolute Gasteiger partial charge is 0.469 e. The quantitative estimate of drug-likeness (QED) is 0.0701. The highest BCUT2D eigenvalue weighted by molar-refractivity contribution is 7.46. The topological polar surface area (TPSA) is 136 Å². The lowest BCUT2D eigenvalue weighted by molar-refractivity contribution is 0.129. The van der Waals surface area contributed by atoms with Crippen molar-refractivity contribution in [2.75, 3.05) is 6.61 Å². The Balaban J connectivity index is 3.75. The summed E-state index contributed by atoms with van der Waals surface area (Å²) in [6, 6.07) is -1.07. The normalized spacial score (nSPS) is 14.2. The summed E-state index contributed by atoms with van der Waals surface area (Å²) in [6.45, 7) is 1.69. The number of allylic oxidation sites excluding steroid dienone is 1. The van der Waals surface area contributed by atoms with E-state index in [1.165, 1.54) is 63.9 Å². The molecule has 0 spiro atoms. The smallest absolute Gasteiger partial charge is 0.389 e. The maximum absolute atomic E-state index is 10.7. The number of hydrogen-bond acceptors (Lipinski definition) is 4. The molecule has 0 aromatic heterocycles. The molecule has 0 heterocycles. The van der Waals surface area contributed by atoms with Gasteiger partial charge < -0.3 is 14.9 Å². The molecule has 0 aromatic carbocycles. The number of unbranched alkanes of at least 4 members (excludes halogenated alkanes) is 11. The number of aliphatic hydroxyl groups excluding tert-OH is 1. The molecule has 0 bridgehead atoms. The monoisotopic (exact) mass is 405 g/mol. The van der Waals surface area contributed by atoms with Crippen molar-refractivity contribution in [2.45, 2.75) is 96.1 Å². The van der Waals surface area contributed by atoms with Crippen LogP contribution in [0.2, 0.25) is 0 Å². The highest BCUT2D eigenvalue weighted by Gasteiger charge is 2.21. The maximum atomic E-state index is 10.7. The first-order valence-corrected chi connectivity index (χ1v) is 11.5. The zero-order valence-electron chi connectivity index (χ0n) is 16.4. The first-order valence-electron chi connectivity index (χ1n) is 9.99. The Morgan fingerprint density at radius 2 is 1.56 bits per heavy atom. The third kappa shape index (κ3) is 18.3. The molecular weight excluding hydrogens is 369 g/mol. The second-order valence-electron chi connectivity index (χ2n) is 6.80. The Labute approximate surface area is 162 Å². The number of rotatable bonds is 18. The van der Waals surface area contributed by atoms with Crippen LogP contribution in [0.25, 0.3) is 10.4 Å². The van der Waals surface area contributed by atoms with Crippen molar-refractivity contribution in [2.24, 2.45) is 5.11 Å². The van der Waals surface area contributed by atoms with Crippen LogP contribution in [0.1, 0.15) is 84.0 Å². The number of azide groups is 1. The molecule has 9 heteroatoms. The van der Waals surface area contributed by atoms with E-state index in [2.05, 4.69) is 21.5 Å². The van der Waals surface area contributed by atoms with Crippen LogP contribution in [0.15, 0.2) is 17.3 Å². The molecule has 0 aliphatic heterocycles. The van der Waals surface area contributed by atoms with E-state index in [4.69, 9.17) is 15.3 Å². The van der Waals surface area contributed by atoms with Crippen molar-refractivity contribution in [1.82, 2.24) is 0 Å². The number of hydrogen-bond donors (Lipinski definition) is 3. The summed E-state index contributed by atoms with van der Waals surface area (Å²) in [5.41, 5.74) is 8.47. The molecule has 158 valence electrons. The van der Waals surface area contributed by atoms with E-state index in [0.717, 1.165) is 19.3 Å². The molecule has 0 rings (SSSR count). The zero-order valence-corrected chi connectivity index (χ0v) is 17.3. The second kappa shape index (κ2) is 17.2. The molecule has 0 fully saturated rings. The zero-order chi connectivity index (χ0) is 20.4. The van der Waals surface area contributed by atoms with Crippen LogP contribution >= 0.6 is 7.82 Å². The van der Waals surface area contributed by atoms with E-state index in [9.17, 15) is 9.67 Å². The number of nitrogens with zero attached hydrogens (tertiary/aromatic N) is 3. The predicted molar refractivity (Wildman–Crippen MR) is 107 cm³/mol. The molecule has 0 aromatic rings. The van der Waals surface area contributed by atoms with Crippen molar-refractivity contribution in [3.63, 3.8) is 0 Å². The van der Waals surface area contributed by atoms with Crippen LogP contribution in [0, 0.1) is 0 Å². The van der Waals surface area contributed by atoms with Gasteiger partial charge in [-0.15, -0.1) is 0 Å². The van der Waals surface area contributed by atoms with Crippen LogP contribution in [0.4, 0.5) is 0 Å². The highest BCUT2D eigenvalue weighted by atomic mass is 31.2. The van der Waals surface area contributed by atoms with Gasteiger partial charge in [0.15, 0.2) is 0 Å². The lowest BCUT2D eigenvalue weighted by atomic mass is 10.0. The number of phosphoric acid groups is 1. The fourth-order valence-electron chi connectivity index (χ4n) is 2.73. The van der Waals surface area contributed by atoms with Crippen LogP contribution in [-0.2, 0) is 9.09 Å². The van der Waals surface area contributed by atoms with Gasteiger partial charge in [-0.1, -0.05) is 88.4 Å². The molecule has 8 nitrogen and oxygen atoms in total. The Bertz CT molecular complexity index is 478. The molecule has 0 aliphatic carbocycles. The second-order valence-corrected chi connectivity index (χ2v) is 8.04. The fourth-order valence-corrected chi connectivity index (χ4v) is 3.08. The molecule has 3 N–H and O–H groups in total. The van der Waals surface area contributed by atoms with Gasteiger partial charge in [-0.25, -0.2) is 4.57 Å². The summed E-state index contributed by atoms with van der Waals surface area (Å²) in [5.74, 6) is 0. The van der Waals surface area contributed by atoms with Gasteiger partial charge in [-0.2, -0.15) is 0 Å². The van der Waals surface area contributed by atoms with Gasteiger partial charge in [-0.05, 0) is 18.4 Å². The minimum atomic E-state index is -4.66. The van der Waals surface area contributed by atoms with E-state index in [1.807, 2.05) is 0 Å². The molecule has 0 amide bonds. The molecular formula is C18H36N3O5P. The van der Waals surface area contributed by atoms with Crippen molar-refractivity contribution in [3.05, 3.63) is 22.6 Å². The van der Waals surface area contributed by atoms with Gasteiger partial charge in [0.1, 0.15) is 0 Å². The third-order valence-electron chi connectivity index (χ3n) is 4.32. The molecule has 27 heavy (non-hydrogen) atoms. The Kier molecular flexibility index (Phi) is 16.7. The van der Waals surface area contributed by atoms with Gasteiger partial charge in [0, 0.05) is 4.91 Å². The minimum absolute atomic E-state index is 0.543. The molecule has 2 atom stereocenters. The van der Waals surface area contributed by atoms with Crippen LogP contribution < -0.4 is 0 Å². The third-order valence-corrected chi connectivity index (χ3v) is 4.80. The average molecular weight is 405 g/mol. The summed E-state index contributed by atoms with van der Waals surface area (Å²) in [5, 5.41) is 13.2. The van der Waals surface area contributed by atoms with Crippen molar-refractivity contribution < 1.29 is 24.0 Å². The minimum Gasteiger partial charge on any atom is -0.389 e. The number of aliphatic hydroxyl groups is 1. The average Bonchev–Trinajstić information content (AvgIpc) is 2.61. The van der Waals surface area contributed by atoms with Crippen LogP contribution in [-0.4, -0.2) is 33.6 Å².